The molecule has 0 aliphatic rings. The van der Waals surface area contributed by atoms with E-state index in [1.807, 2.05) is 21.1 Å². The molecule has 4 heteroatoms. The fraction of sp³-hybridized carbons (Fsp3) is 0.889. The number of nitrogens with one attached hydrogen (secondary N) is 3. The molecule has 0 saturated heterocycles. The van der Waals surface area contributed by atoms with Gasteiger partial charge >= 0.3 is 0 Å². The molecule has 0 heterocycles. The molecule has 0 aromatic heterocycles. The van der Waals surface area contributed by atoms with Gasteiger partial charge in [0.25, 0.3) is 0 Å². The second-order valence-electron chi connectivity index (χ2n) is 3.09. The predicted octanol–water partition coefficient (Wildman–Crippen LogP) is -0.291. The number of carbonyl (C=O) groups is 1. The minimum absolute atomic E-state index is 0.243. The zero-order valence-electron chi connectivity index (χ0n) is 8.98. The molecule has 1 atom stereocenters. The monoisotopic (exact) mass is 187 g/mol. The van der Waals surface area contributed by atoms with Crippen molar-refractivity contribution in [2.24, 2.45) is 0 Å². The fourth-order valence-electron chi connectivity index (χ4n) is 1.75. The zero-order valence-corrected chi connectivity index (χ0v) is 8.98. The fourth-order valence-corrected chi connectivity index (χ4v) is 1.75. The minimum atomic E-state index is -0.328. The maximum Gasteiger partial charge on any atom is 0.123 e. The smallest absolute Gasteiger partial charge is 0.123 e. The summed E-state index contributed by atoms with van der Waals surface area (Å²) in [6, 6.07) is 0.243. The highest BCUT2D eigenvalue weighted by Crippen LogP contribution is 2.12. The Morgan fingerprint density at radius 1 is 1.31 bits per heavy atom. The molecule has 0 aromatic rings. The van der Waals surface area contributed by atoms with E-state index in [2.05, 4.69) is 22.9 Å². The van der Waals surface area contributed by atoms with E-state index in [0.717, 1.165) is 12.7 Å². The van der Waals surface area contributed by atoms with E-state index in [1.54, 1.807) is 0 Å². The van der Waals surface area contributed by atoms with Crippen LogP contribution in [0.1, 0.15) is 19.8 Å². The number of aldehydes is 1. The molecule has 3 N–H and O–H groups in total. The van der Waals surface area contributed by atoms with Gasteiger partial charge in [-0.2, -0.15) is 0 Å². The van der Waals surface area contributed by atoms with E-state index in [0.29, 0.717) is 6.42 Å². The van der Waals surface area contributed by atoms with Gasteiger partial charge in [-0.05, 0) is 27.6 Å². The van der Waals surface area contributed by atoms with Crippen LogP contribution in [0, 0.1) is 0 Å². The maximum atomic E-state index is 10.6. The van der Waals surface area contributed by atoms with Crippen LogP contribution in [0.15, 0.2) is 0 Å². The summed E-state index contributed by atoms with van der Waals surface area (Å²) in [4.78, 5) is 10.6. The number of likely N-dealkylation sites (N-methyl/N-ethyl adjacent to an activating group) is 3. The molecule has 0 rings (SSSR count). The molecule has 0 bridgehead atoms. The van der Waals surface area contributed by atoms with Crippen molar-refractivity contribution in [3.05, 3.63) is 0 Å². The van der Waals surface area contributed by atoms with Crippen molar-refractivity contribution in [2.45, 2.75) is 31.5 Å². The van der Waals surface area contributed by atoms with Crippen molar-refractivity contribution < 1.29 is 4.79 Å². The SMILES string of the molecule is CCC(NC)C(CC=O)(NC)NC. The second-order valence-corrected chi connectivity index (χ2v) is 3.09. The van der Waals surface area contributed by atoms with Gasteiger partial charge in [0.05, 0.1) is 5.66 Å². The quantitative estimate of drug-likeness (QED) is 0.379. The van der Waals surface area contributed by atoms with Gasteiger partial charge in [0.15, 0.2) is 0 Å². The average Bonchev–Trinajstić information content (AvgIpc) is 2.18. The van der Waals surface area contributed by atoms with Crippen molar-refractivity contribution in [3.8, 4) is 0 Å². The molecule has 0 spiro atoms. The first-order valence-electron chi connectivity index (χ1n) is 4.69. The average molecular weight is 187 g/mol. The van der Waals surface area contributed by atoms with Gasteiger partial charge in [0.2, 0.25) is 0 Å². The summed E-state index contributed by atoms with van der Waals surface area (Å²) < 4.78 is 0. The van der Waals surface area contributed by atoms with Crippen molar-refractivity contribution in [1.29, 1.82) is 0 Å². The van der Waals surface area contributed by atoms with Gasteiger partial charge in [0.1, 0.15) is 6.29 Å². The van der Waals surface area contributed by atoms with Crippen LogP contribution < -0.4 is 16.0 Å². The highest BCUT2D eigenvalue weighted by molar-refractivity contribution is 5.52. The molecule has 0 amide bonds. The summed E-state index contributed by atoms with van der Waals surface area (Å²) in [5, 5.41) is 9.52. The summed E-state index contributed by atoms with van der Waals surface area (Å²) in [7, 11) is 5.63. The van der Waals surface area contributed by atoms with Gasteiger partial charge in [-0.1, -0.05) is 6.92 Å². The largest absolute Gasteiger partial charge is 0.314 e. The van der Waals surface area contributed by atoms with E-state index in [1.165, 1.54) is 0 Å². The molecular formula is C9H21N3O. The molecule has 0 aliphatic heterocycles. The first kappa shape index (κ1) is 12.6. The van der Waals surface area contributed by atoms with Crippen LogP contribution >= 0.6 is 0 Å². The Morgan fingerprint density at radius 2 is 1.85 bits per heavy atom. The van der Waals surface area contributed by atoms with Crippen LogP contribution in [0.5, 0.6) is 0 Å². The van der Waals surface area contributed by atoms with Crippen LogP contribution in [-0.2, 0) is 4.79 Å². The van der Waals surface area contributed by atoms with Gasteiger partial charge in [-0.3, -0.25) is 0 Å². The van der Waals surface area contributed by atoms with Gasteiger partial charge in [0, 0.05) is 12.5 Å². The lowest BCUT2D eigenvalue weighted by molar-refractivity contribution is -0.109. The molecule has 0 saturated carbocycles. The summed E-state index contributed by atoms with van der Waals surface area (Å²) in [6.07, 6.45) is 2.36. The number of hydrogen-bond donors (Lipinski definition) is 3. The molecule has 78 valence electrons. The summed E-state index contributed by atoms with van der Waals surface area (Å²) >= 11 is 0. The Bertz CT molecular complexity index is 142. The molecule has 0 aliphatic carbocycles. The van der Waals surface area contributed by atoms with Crippen LogP contribution in [0.25, 0.3) is 0 Å². The van der Waals surface area contributed by atoms with Gasteiger partial charge < -0.3 is 20.7 Å². The third-order valence-electron chi connectivity index (χ3n) is 2.65. The molecule has 13 heavy (non-hydrogen) atoms. The highest BCUT2D eigenvalue weighted by atomic mass is 16.1. The third kappa shape index (κ3) is 2.76. The lowest BCUT2D eigenvalue weighted by Crippen LogP contribution is -2.65. The maximum absolute atomic E-state index is 10.6. The van der Waals surface area contributed by atoms with Crippen LogP contribution in [0.4, 0.5) is 0 Å². The Labute approximate surface area is 80.5 Å². The molecule has 0 aromatic carbocycles. The second kappa shape index (κ2) is 6.07. The molecule has 0 fully saturated rings. The van der Waals surface area contributed by atoms with Gasteiger partial charge in [-0.25, -0.2) is 0 Å². The zero-order chi connectivity index (χ0) is 10.3. The summed E-state index contributed by atoms with van der Waals surface area (Å²) in [5.74, 6) is 0. The topological polar surface area (TPSA) is 53.2 Å². The molecular weight excluding hydrogens is 166 g/mol. The number of carbonyl (C=O) groups excluding carboxylic acids is 1. The van der Waals surface area contributed by atoms with E-state index in [-0.39, 0.29) is 11.7 Å². The van der Waals surface area contributed by atoms with Crippen LogP contribution in [0.2, 0.25) is 0 Å². The molecule has 0 radical (unpaired) electrons. The Kier molecular flexibility index (Phi) is 5.86. The predicted molar refractivity (Wildman–Crippen MR) is 54.7 cm³/mol. The van der Waals surface area contributed by atoms with Crippen molar-refractivity contribution in [3.63, 3.8) is 0 Å². The standard InChI is InChI=1S/C9H21N3O/c1-5-8(10-2)9(11-3,12-4)6-7-13/h7-8,10-12H,5-6H2,1-4H3. The Morgan fingerprint density at radius 3 is 2.08 bits per heavy atom. The summed E-state index contributed by atoms with van der Waals surface area (Å²) in [5.41, 5.74) is -0.328. The van der Waals surface area contributed by atoms with Gasteiger partial charge in [-0.15, -0.1) is 0 Å². The Hall–Kier alpha value is -0.450. The highest BCUT2D eigenvalue weighted by Gasteiger charge is 2.33. The van der Waals surface area contributed by atoms with Crippen LogP contribution in [0.3, 0.4) is 0 Å². The van der Waals surface area contributed by atoms with E-state index < -0.39 is 0 Å². The minimum Gasteiger partial charge on any atom is -0.314 e. The lowest BCUT2D eigenvalue weighted by atomic mass is 9.95. The third-order valence-corrected chi connectivity index (χ3v) is 2.65. The van der Waals surface area contributed by atoms with E-state index in [9.17, 15) is 4.79 Å². The van der Waals surface area contributed by atoms with Crippen molar-refractivity contribution in [1.82, 2.24) is 16.0 Å². The normalized spacial score (nSPS) is 14.2. The van der Waals surface area contributed by atoms with Crippen molar-refractivity contribution >= 4 is 6.29 Å². The first-order chi connectivity index (χ1) is 6.20. The van der Waals surface area contributed by atoms with E-state index in [4.69, 9.17) is 0 Å². The molecule has 1 unspecified atom stereocenters. The summed E-state index contributed by atoms with van der Waals surface area (Å²) in [6.45, 7) is 2.09. The first-order valence-corrected chi connectivity index (χ1v) is 4.69. The van der Waals surface area contributed by atoms with Crippen molar-refractivity contribution in [2.75, 3.05) is 21.1 Å². The van der Waals surface area contributed by atoms with E-state index >= 15 is 0 Å². The molecule has 4 nitrogen and oxygen atoms in total. The van der Waals surface area contributed by atoms with Crippen LogP contribution in [-0.4, -0.2) is 39.1 Å². The number of hydrogen-bond acceptors (Lipinski definition) is 4. The number of rotatable bonds is 7. The Balaban J connectivity index is 4.59. The lowest BCUT2D eigenvalue weighted by Gasteiger charge is -2.39.